The van der Waals surface area contributed by atoms with Crippen LogP contribution in [0.15, 0.2) is 72.9 Å². The zero-order chi connectivity index (χ0) is 29.9. The third-order valence-corrected chi connectivity index (χ3v) is 7.66. The summed E-state index contributed by atoms with van der Waals surface area (Å²) in [5, 5.41) is 5.77. The number of hydrogen-bond acceptors (Lipinski definition) is 7. The van der Waals surface area contributed by atoms with Crippen LogP contribution >= 0.6 is 0 Å². The van der Waals surface area contributed by atoms with Crippen LogP contribution in [-0.4, -0.2) is 55.6 Å². The first-order chi connectivity index (χ1) is 21.0. The number of nitrogens with zero attached hydrogens (tertiary/aromatic N) is 2. The van der Waals surface area contributed by atoms with Crippen molar-refractivity contribution in [2.24, 2.45) is 0 Å². The van der Waals surface area contributed by atoms with Crippen LogP contribution in [0.1, 0.15) is 49.9 Å². The molecule has 1 aromatic heterocycles. The lowest BCUT2D eigenvalue weighted by atomic mass is 9.87. The number of amides is 2. The molecule has 2 N–H and O–H groups in total. The molecule has 0 aliphatic carbocycles. The number of methoxy groups -OCH3 is 1. The topological polar surface area (TPSA) is 102 Å². The maximum atomic E-state index is 14.5. The summed E-state index contributed by atoms with van der Waals surface area (Å²) >= 11 is 0. The van der Waals surface area contributed by atoms with E-state index in [-0.39, 0.29) is 24.6 Å². The maximum Gasteiger partial charge on any atom is 0.258 e. The second kappa shape index (κ2) is 12.0. The van der Waals surface area contributed by atoms with Crippen molar-refractivity contribution in [3.05, 3.63) is 107 Å². The van der Waals surface area contributed by atoms with Gasteiger partial charge < -0.3 is 29.7 Å². The Morgan fingerprint density at radius 1 is 1.12 bits per heavy atom. The van der Waals surface area contributed by atoms with Gasteiger partial charge in [-0.2, -0.15) is 0 Å². The van der Waals surface area contributed by atoms with Crippen molar-refractivity contribution in [1.82, 2.24) is 15.2 Å². The molecule has 1 atom stereocenters. The first kappa shape index (κ1) is 28.0. The average Bonchev–Trinajstić information content (AvgIpc) is 3.04. The first-order valence-electron chi connectivity index (χ1n) is 14.1. The SMILES string of the molecule is CNc1ncccc1C(=O)N1CCc2cc3ccc2C1c1ccc(OC)c(c1)OCCCNC(=O)c1cc(ccc1F)O3. The molecule has 1 unspecified atom stereocenters. The Labute approximate surface area is 248 Å². The van der Waals surface area contributed by atoms with Gasteiger partial charge in [0.15, 0.2) is 11.5 Å². The molecule has 0 fully saturated rings. The van der Waals surface area contributed by atoms with Crippen LogP contribution in [0.3, 0.4) is 0 Å². The number of carbonyl (C=O) groups is 2. The van der Waals surface area contributed by atoms with Crippen LogP contribution in [0.2, 0.25) is 0 Å². The highest BCUT2D eigenvalue weighted by Gasteiger charge is 2.34. The Balaban J connectivity index is 1.47. The smallest absolute Gasteiger partial charge is 0.258 e. The Bertz CT molecular complexity index is 1690. The second-order valence-corrected chi connectivity index (χ2v) is 10.3. The normalized spacial score (nSPS) is 16.2. The lowest BCUT2D eigenvalue weighted by molar-refractivity contribution is 0.0694. The van der Waals surface area contributed by atoms with Crippen LogP contribution in [-0.2, 0) is 6.42 Å². The van der Waals surface area contributed by atoms with Crippen LogP contribution in [0.25, 0.3) is 0 Å². The van der Waals surface area contributed by atoms with Gasteiger partial charge in [0, 0.05) is 26.3 Å². The number of rotatable bonds is 3. The molecule has 220 valence electrons. The molecule has 10 heteroatoms. The summed E-state index contributed by atoms with van der Waals surface area (Å²) in [5.41, 5.74) is 3.18. The van der Waals surface area contributed by atoms with Crippen molar-refractivity contribution in [1.29, 1.82) is 0 Å². The third kappa shape index (κ3) is 5.55. The molecule has 3 aromatic carbocycles. The van der Waals surface area contributed by atoms with Gasteiger partial charge in [-0.3, -0.25) is 9.59 Å². The highest BCUT2D eigenvalue weighted by atomic mass is 19.1. The first-order valence-corrected chi connectivity index (χ1v) is 14.1. The molecule has 7 rings (SSSR count). The Morgan fingerprint density at radius 3 is 2.79 bits per heavy atom. The lowest BCUT2D eigenvalue weighted by Crippen LogP contribution is -2.41. The lowest BCUT2D eigenvalue weighted by Gasteiger charge is -2.38. The van der Waals surface area contributed by atoms with E-state index in [0.717, 1.165) is 16.7 Å². The van der Waals surface area contributed by atoms with Gasteiger partial charge in [-0.1, -0.05) is 12.1 Å². The average molecular weight is 583 g/mol. The van der Waals surface area contributed by atoms with Crippen LogP contribution in [0.5, 0.6) is 23.0 Å². The molecule has 43 heavy (non-hydrogen) atoms. The summed E-state index contributed by atoms with van der Waals surface area (Å²) in [6, 6.07) is 18.6. The standard InChI is InChI=1S/C33H31FN4O5/c1-35-31-25(5-3-13-36-31)33(40)38-15-12-20-17-22-7-9-24(20)30(38)21-6-11-28(41-2)29(18-21)42-16-4-14-37-32(39)26-19-23(43-22)8-10-27(26)34/h3,5-11,13,17-19,30H,4,12,14-16H2,1-2H3,(H,35,36)(H,37,39). The molecule has 9 nitrogen and oxygen atoms in total. The number of benzene rings is 3. The van der Waals surface area contributed by atoms with E-state index < -0.39 is 17.8 Å². The number of halogens is 1. The quantitative estimate of drug-likeness (QED) is 0.335. The number of aromatic nitrogens is 1. The molecular formula is C33H31FN4O5. The van der Waals surface area contributed by atoms with E-state index in [1.54, 1.807) is 32.5 Å². The molecule has 8 bridgehead atoms. The fourth-order valence-corrected chi connectivity index (χ4v) is 5.58. The molecule has 4 aromatic rings. The number of nitrogens with one attached hydrogen (secondary N) is 2. The van der Waals surface area contributed by atoms with Crippen molar-refractivity contribution < 1.29 is 28.2 Å². The number of anilines is 1. The van der Waals surface area contributed by atoms with E-state index >= 15 is 0 Å². The van der Waals surface area contributed by atoms with Gasteiger partial charge in [0.25, 0.3) is 11.8 Å². The van der Waals surface area contributed by atoms with Gasteiger partial charge in [0.05, 0.1) is 30.9 Å². The van der Waals surface area contributed by atoms with Crippen LogP contribution < -0.4 is 24.8 Å². The molecule has 3 aliphatic heterocycles. The number of ether oxygens (including phenoxy) is 3. The molecule has 2 amide bonds. The van der Waals surface area contributed by atoms with Gasteiger partial charge in [-0.05, 0) is 84.1 Å². The van der Waals surface area contributed by atoms with E-state index in [0.29, 0.717) is 53.8 Å². The fourth-order valence-electron chi connectivity index (χ4n) is 5.58. The summed E-state index contributed by atoms with van der Waals surface area (Å²) in [6.07, 6.45) is 2.71. The van der Waals surface area contributed by atoms with Gasteiger partial charge in [0.1, 0.15) is 23.1 Å². The second-order valence-electron chi connectivity index (χ2n) is 10.3. The summed E-state index contributed by atoms with van der Waals surface area (Å²) in [4.78, 5) is 33.0. The van der Waals surface area contributed by atoms with E-state index in [4.69, 9.17) is 14.2 Å². The molecule has 0 saturated heterocycles. The minimum absolute atomic E-state index is 0.0996. The van der Waals surface area contributed by atoms with Gasteiger partial charge in [-0.15, -0.1) is 0 Å². The van der Waals surface area contributed by atoms with Crippen molar-refractivity contribution >= 4 is 17.6 Å². The minimum Gasteiger partial charge on any atom is -0.493 e. The Hall–Kier alpha value is -5.12. The largest absolute Gasteiger partial charge is 0.493 e. The highest BCUT2D eigenvalue weighted by molar-refractivity contribution is 5.99. The molecule has 0 saturated carbocycles. The number of hydrogen-bond donors (Lipinski definition) is 2. The minimum atomic E-state index is -0.634. The van der Waals surface area contributed by atoms with E-state index in [2.05, 4.69) is 15.6 Å². The molecule has 3 aliphatic rings. The van der Waals surface area contributed by atoms with Crippen LogP contribution in [0, 0.1) is 5.82 Å². The maximum absolute atomic E-state index is 14.5. The Kier molecular flexibility index (Phi) is 7.83. The number of pyridine rings is 1. The van der Waals surface area contributed by atoms with Crippen molar-refractivity contribution in [2.45, 2.75) is 18.9 Å². The van der Waals surface area contributed by atoms with Crippen molar-refractivity contribution in [3.8, 4) is 23.0 Å². The predicted octanol–water partition coefficient (Wildman–Crippen LogP) is 5.36. The summed E-state index contributed by atoms with van der Waals surface area (Å²) in [6.45, 7) is 1.00. The Morgan fingerprint density at radius 2 is 1.95 bits per heavy atom. The fraction of sp³-hybridized carbons (Fsp3) is 0.242. The van der Waals surface area contributed by atoms with Gasteiger partial charge >= 0.3 is 0 Å². The number of carbonyl (C=O) groups excluding carboxylic acids is 2. The van der Waals surface area contributed by atoms with E-state index in [1.807, 2.05) is 41.3 Å². The third-order valence-electron chi connectivity index (χ3n) is 7.66. The molecular weight excluding hydrogens is 551 g/mol. The van der Waals surface area contributed by atoms with Crippen molar-refractivity contribution in [2.75, 3.05) is 39.2 Å². The zero-order valence-electron chi connectivity index (χ0n) is 23.9. The van der Waals surface area contributed by atoms with E-state index in [9.17, 15) is 14.0 Å². The highest BCUT2D eigenvalue weighted by Crippen LogP contribution is 2.41. The summed E-state index contributed by atoms with van der Waals surface area (Å²) in [5.74, 6) is 1.14. The summed E-state index contributed by atoms with van der Waals surface area (Å²) < 4.78 is 32.3. The predicted molar refractivity (Wildman–Crippen MR) is 159 cm³/mol. The monoisotopic (exact) mass is 582 g/mol. The number of fused-ring (bicyclic) bond motifs is 6. The zero-order valence-corrected chi connectivity index (χ0v) is 23.9. The van der Waals surface area contributed by atoms with Gasteiger partial charge in [-0.25, -0.2) is 9.37 Å². The van der Waals surface area contributed by atoms with Crippen LogP contribution in [0.4, 0.5) is 10.2 Å². The molecule has 4 heterocycles. The van der Waals surface area contributed by atoms with Gasteiger partial charge in [0.2, 0.25) is 0 Å². The molecule has 0 spiro atoms. The van der Waals surface area contributed by atoms with Crippen molar-refractivity contribution in [3.63, 3.8) is 0 Å². The van der Waals surface area contributed by atoms with E-state index in [1.165, 1.54) is 18.2 Å². The molecule has 0 radical (unpaired) electrons. The summed E-state index contributed by atoms with van der Waals surface area (Å²) in [7, 11) is 3.31.